The topological polar surface area (TPSA) is 63.6 Å². The molecule has 1 unspecified atom stereocenters. The second-order valence-electron chi connectivity index (χ2n) is 2.69. The van der Waals surface area contributed by atoms with E-state index in [1.54, 1.807) is 0 Å². The lowest BCUT2D eigenvalue weighted by Gasteiger charge is -2.04. The molecule has 1 N–H and O–H groups in total. The van der Waals surface area contributed by atoms with E-state index < -0.39 is 12.3 Å². The van der Waals surface area contributed by atoms with Gasteiger partial charge in [0.2, 0.25) is 0 Å². The van der Waals surface area contributed by atoms with Crippen LogP contribution in [0.25, 0.3) is 0 Å². The highest BCUT2D eigenvalue weighted by atomic mass is 16.6. The molecule has 0 aromatic rings. The van der Waals surface area contributed by atoms with Crippen molar-refractivity contribution in [3.8, 4) is 0 Å². The maximum Gasteiger partial charge on any atom is 0.335 e. The lowest BCUT2D eigenvalue weighted by Crippen LogP contribution is -2.13. The van der Waals surface area contributed by atoms with E-state index in [1.807, 2.05) is 0 Å². The van der Waals surface area contributed by atoms with Crippen molar-refractivity contribution in [2.75, 3.05) is 0 Å². The summed E-state index contributed by atoms with van der Waals surface area (Å²) in [5, 5.41) is 8.49. The van der Waals surface area contributed by atoms with Crippen LogP contribution in [0, 0.1) is 0 Å². The van der Waals surface area contributed by atoms with E-state index >= 15 is 0 Å². The summed E-state index contributed by atoms with van der Waals surface area (Å²) in [5.74, 6) is -0.398. The monoisotopic (exact) mass is 188 g/mol. The summed E-state index contributed by atoms with van der Waals surface area (Å²) in [5.41, 5.74) is 0.288. The van der Waals surface area contributed by atoms with Gasteiger partial charge >= 0.3 is 5.97 Å². The molecule has 0 heterocycles. The van der Waals surface area contributed by atoms with Crippen molar-refractivity contribution in [3.05, 3.63) is 12.2 Å². The molecule has 1 atom stereocenters. The quantitative estimate of drug-likeness (QED) is 0.399. The zero-order valence-corrected chi connectivity index (χ0v) is 8.46. The van der Waals surface area contributed by atoms with Gasteiger partial charge in [-0.05, 0) is 27.7 Å². The molecule has 0 aliphatic rings. The SMILES string of the molecule is C=C(C)C(=O)OC(C)O.CC(C)=O. The van der Waals surface area contributed by atoms with E-state index in [4.69, 9.17) is 5.11 Å². The van der Waals surface area contributed by atoms with Crippen LogP contribution < -0.4 is 0 Å². The van der Waals surface area contributed by atoms with Gasteiger partial charge in [-0.3, -0.25) is 0 Å². The molecular formula is C9H16O4. The highest BCUT2D eigenvalue weighted by Crippen LogP contribution is 1.94. The predicted molar refractivity (Wildman–Crippen MR) is 48.9 cm³/mol. The molecule has 0 radical (unpaired) electrons. The standard InChI is InChI=1S/C6H10O3.C3H6O/c1-4(2)6(8)9-5(3)7;1-3(2)4/h5,7H,1H2,2-3H3;1-2H3. The van der Waals surface area contributed by atoms with Crippen LogP contribution in [0.5, 0.6) is 0 Å². The molecule has 0 aliphatic carbocycles. The summed E-state index contributed by atoms with van der Waals surface area (Å²) >= 11 is 0. The molecule has 4 nitrogen and oxygen atoms in total. The third kappa shape index (κ3) is 18.1. The summed E-state index contributed by atoms with van der Waals surface area (Å²) < 4.78 is 4.33. The first kappa shape index (κ1) is 14.4. The highest BCUT2D eigenvalue weighted by molar-refractivity contribution is 5.86. The molecule has 0 saturated carbocycles. The average molecular weight is 188 g/mol. The Bertz CT molecular complexity index is 190. The van der Waals surface area contributed by atoms with Gasteiger partial charge in [0.15, 0.2) is 6.29 Å². The zero-order valence-electron chi connectivity index (χ0n) is 8.46. The van der Waals surface area contributed by atoms with Crippen molar-refractivity contribution < 1.29 is 19.4 Å². The average Bonchev–Trinajstić information content (AvgIpc) is 1.83. The molecule has 0 aliphatic heterocycles. The van der Waals surface area contributed by atoms with Gasteiger partial charge < -0.3 is 14.6 Å². The van der Waals surface area contributed by atoms with Crippen molar-refractivity contribution in [2.24, 2.45) is 0 Å². The maximum atomic E-state index is 10.5. The Balaban J connectivity index is 0. The van der Waals surface area contributed by atoms with Gasteiger partial charge in [0, 0.05) is 5.57 Å². The van der Waals surface area contributed by atoms with Crippen LogP contribution in [-0.4, -0.2) is 23.1 Å². The molecule has 0 bridgehead atoms. The Morgan fingerprint density at radius 1 is 1.31 bits per heavy atom. The molecule has 76 valence electrons. The molecule has 0 fully saturated rings. The Kier molecular flexibility index (Phi) is 8.28. The molecule has 4 heteroatoms. The summed E-state index contributed by atoms with van der Waals surface area (Å²) in [6, 6.07) is 0. The summed E-state index contributed by atoms with van der Waals surface area (Å²) in [6.07, 6.45) is -1.05. The third-order valence-electron chi connectivity index (χ3n) is 0.626. The third-order valence-corrected chi connectivity index (χ3v) is 0.626. The lowest BCUT2D eigenvalue weighted by atomic mass is 10.4. The highest BCUT2D eigenvalue weighted by Gasteiger charge is 2.04. The molecule has 0 aromatic heterocycles. The number of carbonyl (C=O) groups is 2. The van der Waals surface area contributed by atoms with Gasteiger partial charge in [-0.2, -0.15) is 0 Å². The Morgan fingerprint density at radius 2 is 1.62 bits per heavy atom. The van der Waals surface area contributed by atoms with Crippen LogP contribution in [0.1, 0.15) is 27.7 Å². The van der Waals surface area contributed by atoms with Crippen molar-refractivity contribution in [1.29, 1.82) is 0 Å². The van der Waals surface area contributed by atoms with Crippen LogP contribution in [-0.2, 0) is 14.3 Å². The van der Waals surface area contributed by atoms with Crippen LogP contribution in [0.2, 0.25) is 0 Å². The maximum absolute atomic E-state index is 10.5. The number of esters is 1. The molecule has 0 amide bonds. The van der Waals surface area contributed by atoms with Crippen LogP contribution in [0.4, 0.5) is 0 Å². The van der Waals surface area contributed by atoms with E-state index in [0.29, 0.717) is 0 Å². The minimum Gasteiger partial charge on any atom is -0.433 e. The Morgan fingerprint density at radius 3 is 1.69 bits per heavy atom. The van der Waals surface area contributed by atoms with Crippen molar-refractivity contribution in [2.45, 2.75) is 34.0 Å². The molecule has 0 spiro atoms. The number of ether oxygens (including phenoxy) is 1. The van der Waals surface area contributed by atoms with Gasteiger partial charge in [0.05, 0.1) is 0 Å². The van der Waals surface area contributed by atoms with E-state index in [-0.39, 0.29) is 11.4 Å². The van der Waals surface area contributed by atoms with Crippen molar-refractivity contribution in [3.63, 3.8) is 0 Å². The van der Waals surface area contributed by atoms with Gasteiger partial charge in [-0.15, -0.1) is 0 Å². The molecule has 0 saturated heterocycles. The number of aliphatic hydroxyl groups is 1. The Hall–Kier alpha value is -1.16. The van der Waals surface area contributed by atoms with Gasteiger partial charge in [0.25, 0.3) is 0 Å². The first-order valence-corrected chi connectivity index (χ1v) is 3.79. The number of aliphatic hydroxyl groups excluding tert-OH is 1. The molecular weight excluding hydrogens is 172 g/mol. The second-order valence-corrected chi connectivity index (χ2v) is 2.69. The second kappa shape index (κ2) is 7.49. The zero-order chi connectivity index (χ0) is 11.0. The minimum atomic E-state index is -1.05. The van der Waals surface area contributed by atoms with Gasteiger partial charge in [-0.1, -0.05) is 6.58 Å². The fourth-order valence-corrected chi connectivity index (χ4v) is 0.255. The van der Waals surface area contributed by atoms with Crippen LogP contribution in [0.3, 0.4) is 0 Å². The lowest BCUT2D eigenvalue weighted by molar-refractivity contribution is -0.159. The number of hydrogen-bond donors (Lipinski definition) is 1. The van der Waals surface area contributed by atoms with Crippen molar-refractivity contribution >= 4 is 11.8 Å². The van der Waals surface area contributed by atoms with E-state index in [0.717, 1.165) is 0 Å². The largest absolute Gasteiger partial charge is 0.433 e. The first-order chi connectivity index (χ1) is 5.77. The fraction of sp³-hybridized carbons (Fsp3) is 0.556. The number of Topliss-reactive ketones (excluding diaryl/α,β-unsaturated/α-hetero) is 1. The summed E-state index contributed by atoms with van der Waals surface area (Å²) in [7, 11) is 0. The smallest absolute Gasteiger partial charge is 0.335 e. The van der Waals surface area contributed by atoms with E-state index in [9.17, 15) is 9.59 Å². The normalized spacial score (nSPS) is 10.5. The predicted octanol–water partition coefficient (Wildman–Crippen LogP) is 1.04. The van der Waals surface area contributed by atoms with Crippen molar-refractivity contribution in [1.82, 2.24) is 0 Å². The minimum absolute atomic E-state index is 0.167. The Labute approximate surface area is 78.2 Å². The van der Waals surface area contributed by atoms with Crippen LogP contribution in [0.15, 0.2) is 12.2 Å². The van der Waals surface area contributed by atoms with Crippen LogP contribution >= 0.6 is 0 Å². The van der Waals surface area contributed by atoms with E-state index in [1.165, 1.54) is 27.7 Å². The molecule has 0 aromatic carbocycles. The molecule has 13 heavy (non-hydrogen) atoms. The summed E-state index contributed by atoms with van der Waals surface area (Å²) in [6.45, 7) is 9.26. The fourth-order valence-electron chi connectivity index (χ4n) is 0.255. The van der Waals surface area contributed by atoms with Gasteiger partial charge in [0.1, 0.15) is 5.78 Å². The number of rotatable bonds is 2. The van der Waals surface area contributed by atoms with E-state index in [2.05, 4.69) is 11.3 Å². The molecule has 0 rings (SSSR count). The number of ketones is 1. The number of carbonyl (C=O) groups excluding carboxylic acids is 2. The first-order valence-electron chi connectivity index (χ1n) is 3.79. The summed E-state index contributed by atoms with van der Waals surface area (Å²) in [4.78, 5) is 19.9. The van der Waals surface area contributed by atoms with Gasteiger partial charge in [-0.25, -0.2) is 4.79 Å². The number of hydrogen-bond acceptors (Lipinski definition) is 4.